The summed E-state index contributed by atoms with van der Waals surface area (Å²) in [5.41, 5.74) is 2.41. The maximum absolute atomic E-state index is 12.7. The summed E-state index contributed by atoms with van der Waals surface area (Å²) in [5.74, 6) is 1.26. The largest absolute Gasteiger partial charge is 0.462 e. The molecule has 0 radical (unpaired) electrons. The summed E-state index contributed by atoms with van der Waals surface area (Å²) in [5, 5.41) is 2.93. The lowest BCUT2D eigenvalue weighted by Gasteiger charge is -2.30. The highest BCUT2D eigenvalue weighted by molar-refractivity contribution is 6.06. The summed E-state index contributed by atoms with van der Waals surface area (Å²) in [4.78, 5) is 26.9. The summed E-state index contributed by atoms with van der Waals surface area (Å²) in [6.07, 6.45) is 4.83. The molecule has 0 saturated carbocycles. The number of rotatable bonds is 4. The Morgan fingerprint density at radius 2 is 2.04 bits per heavy atom. The van der Waals surface area contributed by atoms with Crippen molar-refractivity contribution in [1.29, 1.82) is 0 Å². The number of aryl methyl sites for hydroxylation is 1. The van der Waals surface area contributed by atoms with Gasteiger partial charge in [-0.15, -0.1) is 0 Å². The minimum atomic E-state index is -0.110. The monoisotopic (exact) mass is 352 g/mol. The third-order valence-electron chi connectivity index (χ3n) is 4.33. The van der Waals surface area contributed by atoms with Gasteiger partial charge in [0.2, 0.25) is 0 Å². The van der Waals surface area contributed by atoms with Crippen LogP contribution in [-0.2, 0) is 11.2 Å². The van der Waals surface area contributed by atoms with Gasteiger partial charge in [0.15, 0.2) is 0 Å². The van der Waals surface area contributed by atoms with Crippen LogP contribution in [0.3, 0.4) is 0 Å². The van der Waals surface area contributed by atoms with E-state index < -0.39 is 0 Å². The molecular formula is C21H24N2O3. The quantitative estimate of drug-likeness (QED) is 0.853. The fourth-order valence-electron chi connectivity index (χ4n) is 3.19. The Morgan fingerprint density at radius 3 is 2.73 bits per heavy atom. The molecule has 0 aliphatic carbocycles. The van der Waals surface area contributed by atoms with E-state index >= 15 is 0 Å². The molecular weight excluding hydrogens is 328 g/mol. The highest BCUT2D eigenvalue weighted by Gasteiger charge is 2.25. The van der Waals surface area contributed by atoms with Gasteiger partial charge in [-0.2, -0.15) is 0 Å². The molecule has 0 saturated heterocycles. The van der Waals surface area contributed by atoms with Gasteiger partial charge in [-0.1, -0.05) is 6.07 Å². The first-order valence-corrected chi connectivity index (χ1v) is 8.94. The third-order valence-corrected chi connectivity index (χ3v) is 4.33. The van der Waals surface area contributed by atoms with Gasteiger partial charge in [0.1, 0.15) is 11.5 Å². The number of nitrogens with one attached hydrogen (secondary N) is 1. The van der Waals surface area contributed by atoms with Gasteiger partial charge >= 0.3 is 0 Å². The van der Waals surface area contributed by atoms with Crippen molar-refractivity contribution >= 4 is 23.6 Å². The molecule has 5 heteroatoms. The lowest BCUT2D eigenvalue weighted by molar-refractivity contribution is -0.114. The van der Waals surface area contributed by atoms with Crippen molar-refractivity contribution in [3.63, 3.8) is 0 Å². The number of carbonyl (C=O) groups excluding carboxylic acids is 2. The van der Waals surface area contributed by atoms with Gasteiger partial charge in [-0.05, 0) is 69.5 Å². The Kier molecular flexibility index (Phi) is 5.26. The van der Waals surface area contributed by atoms with Crippen LogP contribution < -0.4 is 10.2 Å². The van der Waals surface area contributed by atoms with Crippen LogP contribution in [-0.4, -0.2) is 24.4 Å². The average molecular weight is 352 g/mol. The fraction of sp³-hybridized carbons (Fsp3) is 0.333. The van der Waals surface area contributed by atoms with Gasteiger partial charge < -0.3 is 14.6 Å². The summed E-state index contributed by atoms with van der Waals surface area (Å²) in [6.45, 7) is 6.38. The second kappa shape index (κ2) is 7.60. The van der Waals surface area contributed by atoms with Crippen LogP contribution >= 0.6 is 0 Å². The van der Waals surface area contributed by atoms with Crippen molar-refractivity contribution in [3.8, 4) is 0 Å². The van der Waals surface area contributed by atoms with Crippen molar-refractivity contribution in [1.82, 2.24) is 5.32 Å². The molecule has 3 rings (SSSR count). The van der Waals surface area contributed by atoms with Crippen LogP contribution in [0.15, 0.2) is 40.8 Å². The zero-order valence-electron chi connectivity index (χ0n) is 15.4. The Balaban J connectivity index is 1.85. The molecule has 0 fully saturated rings. The first-order chi connectivity index (χ1) is 12.5. The average Bonchev–Trinajstić information content (AvgIpc) is 3.03. The number of furan rings is 1. The Bertz CT molecular complexity index is 849. The normalized spacial score (nSPS) is 13.9. The summed E-state index contributed by atoms with van der Waals surface area (Å²) < 4.78 is 5.47. The van der Waals surface area contributed by atoms with Crippen LogP contribution in [0.1, 0.15) is 47.7 Å². The highest BCUT2D eigenvalue weighted by Crippen LogP contribution is 2.30. The van der Waals surface area contributed by atoms with Crippen molar-refractivity contribution in [3.05, 3.63) is 59.1 Å². The van der Waals surface area contributed by atoms with E-state index in [-0.39, 0.29) is 17.9 Å². The molecule has 1 aromatic carbocycles. The van der Waals surface area contributed by atoms with E-state index in [1.807, 2.05) is 51.1 Å². The molecule has 5 nitrogen and oxygen atoms in total. The second-order valence-electron chi connectivity index (χ2n) is 6.81. The second-order valence-corrected chi connectivity index (χ2v) is 6.81. The fourth-order valence-corrected chi connectivity index (χ4v) is 3.19. The molecule has 0 unspecified atom stereocenters. The highest BCUT2D eigenvalue weighted by atomic mass is 16.3. The van der Waals surface area contributed by atoms with Gasteiger partial charge in [-0.3, -0.25) is 9.59 Å². The smallest absolute Gasteiger partial charge is 0.251 e. The maximum Gasteiger partial charge on any atom is 0.251 e. The molecule has 2 amide bonds. The molecule has 2 aromatic rings. The van der Waals surface area contributed by atoms with Crippen molar-refractivity contribution in [2.24, 2.45) is 0 Å². The minimum Gasteiger partial charge on any atom is -0.462 e. The van der Waals surface area contributed by atoms with E-state index in [1.54, 1.807) is 11.0 Å². The maximum atomic E-state index is 12.7. The van der Waals surface area contributed by atoms with Crippen molar-refractivity contribution in [2.75, 3.05) is 11.4 Å². The number of hydrogen-bond acceptors (Lipinski definition) is 3. The number of amides is 2. The standard InChI is InChI=1S/C21H24N2O3/c1-14(2)22-21(25)18-6-4-8-19-17(18)7-5-13-23(19)20(24)12-11-16-10-9-15(3)26-16/h4,6,8-12,14H,5,7,13H2,1-3H3,(H,22,25). The van der Waals surface area contributed by atoms with E-state index in [9.17, 15) is 9.59 Å². The molecule has 0 spiro atoms. The Morgan fingerprint density at radius 1 is 1.23 bits per heavy atom. The lowest BCUT2D eigenvalue weighted by Crippen LogP contribution is -2.36. The number of anilines is 1. The molecule has 1 aliphatic rings. The zero-order chi connectivity index (χ0) is 18.7. The number of carbonyl (C=O) groups is 2. The first-order valence-electron chi connectivity index (χ1n) is 8.94. The number of fused-ring (bicyclic) bond motifs is 1. The van der Waals surface area contributed by atoms with E-state index in [0.717, 1.165) is 29.9 Å². The van der Waals surface area contributed by atoms with Gasteiger partial charge in [0.25, 0.3) is 11.8 Å². The summed E-state index contributed by atoms with van der Waals surface area (Å²) in [7, 11) is 0. The van der Waals surface area contributed by atoms with Crippen LogP contribution in [0.2, 0.25) is 0 Å². The molecule has 2 heterocycles. The summed E-state index contributed by atoms with van der Waals surface area (Å²) >= 11 is 0. The molecule has 0 bridgehead atoms. The predicted molar refractivity (Wildman–Crippen MR) is 102 cm³/mol. The number of hydrogen-bond donors (Lipinski definition) is 1. The van der Waals surface area contributed by atoms with Crippen molar-refractivity contribution in [2.45, 2.75) is 39.7 Å². The van der Waals surface area contributed by atoms with Crippen LogP contribution in [0.5, 0.6) is 0 Å². The number of benzene rings is 1. The van der Waals surface area contributed by atoms with Gasteiger partial charge in [0.05, 0.1) is 0 Å². The van der Waals surface area contributed by atoms with Gasteiger partial charge in [0, 0.05) is 29.9 Å². The topological polar surface area (TPSA) is 62.6 Å². The SMILES string of the molecule is Cc1ccc(C=CC(=O)N2CCCc3c(C(=O)NC(C)C)cccc32)o1. The van der Waals surface area contributed by atoms with E-state index in [2.05, 4.69) is 5.32 Å². The zero-order valence-corrected chi connectivity index (χ0v) is 15.4. The molecule has 136 valence electrons. The van der Waals surface area contributed by atoms with E-state index in [4.69, 9.17) is 4.42 Å². The molecule has 26 heavy (non-hydrogen) atoms. The van der Waals surface area contributed by atoms with Crippen LogP contribution in [0, 0.1) is 6.92 Å². The Labute approximate surface area is 153 Å². The molecule has 1 N–H and O–H groups in total. The van der Waals surface area contributed by atoms with Crippen LogP contribution in [0.25, 0.3) is 6.08 Å². The summed E-state index contributed by atoms with van der Waals surface area (Å²) in [6, 6.07) is 9.33. The first kappa shape index (κ1) is 18.0. The van der Waals surface area contributed by atoms with E-state index in [0.29, 0.717) is 17.9 Å². The number of nitrogens with zero attached hydrogens (tertiary/aromatic N) is 1. The lowest BCUT2D eigenvalue weighted by atomic mass is 9.95. The van der Waals surface area contributed by atoms with Gasteiger partial charge in [-0.25, -0.2) is 0 Å². The predicted octanol–water partition coefficient (Wildman–Crippen LogP) is 3.72. The minimum absolute atomic E-state index is 0.0689. The van der Waals surface area contributed by atoms with Crippen molar-refractivity contribution < 1.29 is 14.0 Å². The molecule has 0 atom stereocenters. The molecule has 1 aliphatic heterocycles. The molecule has 1 aromatic heterocycles. The third kappa shape index (κ3) is 3.87. The Hall–Kier alpha value is -2.82. The van der Waals surface area contributed by atoms with E-state index in [1.165, 1.54) is 6.08 Å². The van der Waals surface area contributed by atoms with Crippen LogP contribution in [0.4, 0.5) is 5.69 Å².